The lowest BCUT2D eigenvalue weighted by molar-refractivity contribution is 0.102. The minimum Gasteiger partial charge on any atom is -0.322 e. The maximum atomic E-state index is 12.6. The molecule has 1 N–H and O–H groups in total. The van der Waals surface area contributed by atoms with Gasteiger partial charge in [-0.05, 0) is 44.2 Å². The number of benzene rings is 2. The number of aryl methyl sites for hydroxylation is 1. The summed E-state index contributed by atoms with van der Waals surface area (Å²) in [5.74, 6) is -0.228. The number of nitrogens with zero attached hydrogens (tertiary/aromatic N) is 1. The zero-order valence-electron chi connectivity index (χ0n) is 13.6. The number of hydrogen-bond acceptors (Lipinski definition) is 2. The van der Waals surface area contributed by atoms with E-state index in [1.165, 1.54) is 0 Å². The van der Waals surface area contributed by atoms with Gasteiger partial charge >= 0.3 is 0 Å². The maximum absolute atomic E-state index is 12.6. The molecule has 4 nitrogen and oxygen atoms in total. The molecular weight excluding hydrogens is 300 g/mol. The number of rotatable bonds is 4. The van der Waals surface area contributed by atoms with Crippen LogP contribution in [0.15, 0.2) is 60.7 Å². The first-order valence-electron chi connectivity index (χ1n) is 7.71. The van der Waals surface area contributed by atoms with Crippen LogP contribution in [-0.2, 0) is 0 Å². The van der Waals surface area contributed by atoms with E-state index >= 15 is 0 Å². The Bertz CT molecular complexity index is 878. The van der Waals surface area contributed by atoms with E-state index < -0.39 is 0 Å². The Labute approximate surface area is 140 Å². The summed E-state index contributed by atoms with van der Waals surface area (Å²) in [5.41, 5.74) is 4.38. The molecular formula is C20H18N2O2. The molecule has 0 aliphatic rings. The fraction of sp³-hybridized carbons (Fsp3) is 0.100. The molecule has 0 aliphatic carbocycles. The predicted octanol–water partition coefficient (Wildman–Crippen LogP) is 4.16. The normalized spacial score (nSPS) is 10.4. The highest BCUT2D eigenvalue weighted by Gasteiger charge is 2.18. The molecule has 0 saturated carbocycles. The van der Waals surface area contributed by atoms with E-state index in [0.717, 1.165) is 28.9 Å². The van der Waals surface area contributed by atoms with Gasteiger partial charge in [-0.2, -0.15) is 0 Å². The van der Waals surface area contributed by atoms with Crippen molar-refractivity contribution in [1.82, 2.24) is 4.57 Å². The summed E-state index contributed by atoms with van der Waals surface area (Å²) in [7, 11) is 0. The van der Waals surface area contributed by atoms with Crippen molar-refractivity contribution in [3.63, 3.8) is 0 Å². The molecule has 0 bridgehead atoms. The van der Waals surface area contributed by atoms with Crippen molar-refractivity contribution in [3.8, 4) is 5.69 Å². The van der Waals surface area contributed by atoms with Gasteiger partial charge in [0.15, 0.2) is 6.29 Å². The lowest BCUT2D eigenvalue weighted by Gasteiger charge is -2.09. The van der Waals surface area contributed by atoms with Crippen LogP contribution in [0, 0.1) is 13.8 Å². The second-order valence-corrected chi connectivity index (χ2v) is 5.68. The maximum Gasteiger partial charge on any atom is 0.257 e. The molecule has 2 aromatic carbocycles. The third-order valence-corrected chi connectivity index (χ3v) is 3.96. The molecule has 0 unspecified atom stereocenters. The summed E-state index contributed by atoms with van der Waals surface area (Å²) in [6, 6.07) is 18.7. The first kappa shape index (κ1) is 15.7. The van der Waals surface area contributed by atoms with Crippen LogP contribution in [0.3, 0.4) is 0 Å². The number of carbonyl (C=O) groups is 2. The molecule has 0 aliphatic heterocycles. The summed E-state index contributed by atoms with van der Waals surface area (Å²) in [5, 5.41) is 2.87. The Hall–Kier alpha value is -3.14. The zero-order chi connectivity index (χ0) is 17.1. The highest BCUT2D eigenvalue weighted by Crippen LogP contribution is 2.21. The van der Waals surface area contributed by atoms with Gasteiger partial charge in [-0.25, -0.2) is 0 Å². The number of carbonyl (C=O) groups excluding carboxylic acids is 2. The van der Waals surface area contributed by atoms with Crippen LogP contribution >= 0.6 is 0 Å². The standard InChI is InChI=1S/C20H18N2O2/c1-14-8-10-16(11-9-14)21-20(24)19-12-18(13-23)22(15(19)2)17-6-4-3-5-7-17/h3-13H,1-2H3,(H,21,24). The van der Waals surface area contributed by atoms with Crippen LogP contribution in [0.2, 0.25) is 0 Å². The van der Waals surface area contributed by atoms with E-state index in [0.29, 0.717) is 11.3 Å². The van der Waals surface area contributed by atoms with Crippen molar-refractivity contribution in [2.75, 3.05) is 5.32 Å². The van der Waals surface area contributed by atoms with Crippen molar-refractivity contribution in [1.29, 1.82) is 0 Å². The Kier molecular flexibility index (Phi) is 4.29. The molecule has 1 aromatic heterocycles. The molecule has 3 rings (SSSR count). The second-order valence-electron chi connectivity index (χ2n) is 5.68. The molecule has 1 heterocycles. The summed E-state index contributed by atoms with van der Waals surface area (Å²) >= 11 is 0. The van der Waals surface area contributed by atoms with E-state index in [4.69, 9.17) is 0 Å². The predicted molar refractivity (Wildman–Crippen MR) is 95.0 cm³/mol. The number of anilines is 1. The molecule has 0 fully saturated rings. The van der Waals surface area contributed by atoms with Crippen LogP contribution in [0.1, 0.15) is 32.1 Å². The quantitative estimate of drug-likeness (QED) is 0.734. The summed E-state index contributed by atoms with van der Waals surface area (Å²) in [6.07, 6.45) is 0.767. The first-order valence-corrected chi connectivity index (χ1v) is 7.71. The summed E-state index contributed by atoms with van der Waals surface area (Å²) in [4.78, 5) is 24.0. The topological polar surface area (TPSA) is 51.1 Å². The Balaban J connectivity index is 1.97. The van der Waals surface area contributed by atoms with Gasteiger partial charge in [0.25, 0.3) is 5.91 Å². The van der Waals surface area contributed by atoms with E-state index in [1.807, 2.05) is 68.4 Å². The van der Waals surface area contributed by atoms with E-state index in [1.54, 1.807) is 10.6 Å². The molecule has 3 aromatic rings. The largest absolute Gasteiger partial charge is 0.322 e. The van der Waals surface area contributed by atoms with Crippen molar-refractivity contribution >= 4 is 17.9 Å². The Morgan fingerprint density at radius 1 is 1.00 bits per heavy atom. The second kappa shape index (κ2) is 6.54. The average Bonchev–Trinajstić information content (AvgIpc) is 2.94. The Morgan fingerprint density at radius 2 is 1.67 bits per heavy atom. The van der Waals surface area contributed by atoms with Crippen LogP contribution < -0.4 is 5.32 Å². The van der Waals surface area contributed by atoms with Gasteiger partial charge in [0.05, 0.1) is 11.3 Å². The van der Waals surface area contributed by atoms with Crippen LogP contribution in [0.25, 0.3) is 5.69 Å². The van der Waals surface area contributed by atoms with Crippen LogP contribution in [0.4, 0.5) is 5.69 Å². The minimum atomic E-state index is -0.228. The highest BCUT2D eigenvalue weighted by molar-refractivity contribution is 6.06. The molecule has 4 heteroatoms. The van der Waals surface area contributed by atoms with Gasteiger partial charge in [0.1, 0.15) is 0 Å². The zero-order valence-corrected chi connectivity index (χ0v) is 13.6. The van der Waals surface area contributed by atoms with Gasteiger partial charge in [0, 0.05) is 17.1 Å². The lowest BCUT2D eigenvalue weighted by Crippen LogP contribution is -2.13. The number of para-hydroxylation sites is 1. The van der Waals surface area contributed by atoms with E-state index in [2.05, 4.69) is 5.32 Å². The molecule has 24 heavy (non-hydrogen) atoms. The molecule has 120 valence electrons. The Morgan fingerprint density at radius 3 is 2.29 bits per heavy atom. The number of amides is 1. The minimum absolute atomic E-state index is 0.228. The monoisotopic (exact) mass is 318 g/mol. The SMILES string of the molecule is Cc1ccc(NC(=O)c2cc(C=O)n(-c3ccccc3)c2C)cc1. The van der Waals surface area contributed by atoms with Crippen LogP contribution in [-0.4, -0.2) is 16.8 Å². The number of hydrogen-bond donors (Lipinski definition) is 1. The van der Waals surface area contributed by atoms with Crippen molar-refractivity contribution in [2.24, 2.45) is 0 Å². The van der Waals surface area contributed by atoms with Crippen LogP contribution in [0.5, 0.6) is 0 Å². The van der Waals surface area contributed by atoms with Gasteiger partial charge < -0.3 is 9.88 Å². The van der Waals surface area contributed by atoms with Crippen molar-refractivity contribution in [3.05, 3.63) is 83.2 Å². The van der Waals surface area contributed by atoms with Gasteiger partial charge in [-0.3, -0.25) is 9.59 Å². The van der Waals surface area contributed by atoms with E-state index in [9.17, 15) is 9.59 Å². The number of aromatic nitrogens is 1. The molecule has 0 spiro atoms. The average molecular weight is 318 g/mol. The molecule has 0 saturated heterocycles. The molecule has 0 radical (unpaired) electrons. The van der Waals surface area contributed by atoms with Crippen molar-refractivity contribution < 1.29 is 9.59 Å². The van der Waals surface area contributed by atoms with Gasteiger partial charge in [-0.1, -0.05) is 35.9 Å². The van der Waals surface area contributed by atoms with Crippen molar-refractivity contribution in [2.45, 2.75) is 13.8 Å². The highest BCUT2D eigenvalue weighted by atomic mass is 16.1. The molecule has 0 atom stereocenters. The lowest BCUT2D eigenvalue weighted by atomic mass is 10.2. The third-order valence-electron chi connectivity index (χ3n) is 3.96. The smallest absolute Gasteiger partial charge is 0.257 e. The fourth-order valence-corrected chi connectivity index (χ4v) is 2.70. The third kappa shape index (κ3) is 2.99. The van der Waals surface area contributed by atoms with E-state index in [-0.39, 0.29) is 5.91 Å². The summed E-state index contributed by atoms with van der Waals surface area (Å²) < 4.78 is 1.79. The first-order chi connectivity index (χ1) is 11.6. The van der Waals surface area contributed by atoms with Gasteiger partial charge in [-0.15, -0.1) is 0 Å². The summed E-state index contributed by atoms with van der Waals surface area (Å²) in [6.45, 7) is 3.83. The fourth-order valence-electron chi connectivity index (χ4n) is 2.70. The van der Waals surface area contributed by atoms with Gasteiger partial charge in [0.2, 0.25) is 0 Å². The number of aldehydes is 1. The molecule has 1 amide bonds. The number of nitrogens with one attached hydrogen (secondary N) is 1.